The van der Waals surface area contributed by atoms with Crippen LogP contribution in [0.1, 0.15) is 0 Å². The molecule has 0 aliphatic heterocycles. The van der Waals surface area contributed by atoms with Crippen molar-refractivity contribution < 1.29 is 26.7 Å². The maximum absolute atomic E-state index is 12.4. The second-order valence-corrected chi connectivity index (χ2v) is 2.77. The van der Waals surface area contributed by atoms with E-state index in [0.717, 1.165) is 12.4 Å². The van der Waals surface area contributed by atoms with Crippen molar-refractivity contribution in [1.82, 2.24) is 9.97 Å². The zero-order chi connectivity index (χ0) is 12.4. The Bertz CT molecular complexity index is 367. The minimum Gasteiger partial charge on any atom is -0.471 e. The van der Waals surface area contributed by atoms with Crippen LogP contribution in [0.2, 0.25) is 0 Å². The van der Waals surface area contributed by atoms with Crippen LogP contribution >= 0.6 is 0 Å². The molecule has 16 heavy (non-hydrogen) atoms. The minimum atomic E-state index is -5.66. The first-order valence-corrected chi connectivity index (χ1v) is 3.87. The fraction of sp³-hybridized carbons (Fsp3) is 0.429. The van der Waals surface area contributed by atoms with Gasteiger partial charge in [-0.1, -0.05) is 0 Å². The lowest BCUT2D eigenvalue weighted by molar-refractivity contribution is -0.290. The number of hydrogen-bond acceptors (Lipinski definition) is 4. The summed E-state index contributed by atoms with van der Waals surface area (Å²) >= 11 is 0. The number of hydrogen-bond donors (Lipinski definition) is 1. The Kier molecular flexibility index (Phi) is 3.15. The summed E-state index contributed by atoms with van der Waals surface area (Å²) in [6.45, 7) is -1.85. The number of ether oxygens (including phenoxy) is 1. The molecule has 1 rings (SSSR count). The van der Waals surface area contributed by atoms with Crippen molar-refractivity contribution >= 4 is 5.82 Å². The molecule has 1 aromatic heterocycles. The van der Waals surface area contributed by atoms with Gasteiger partial charge in [-0.2, -0.15) is 22.0 Å². The van der Waals surface area contributed by atoms with Gasteiger partial charge in [0.15, 0.2) is 6.61 Å². The van der Waals surface area contributed by atoms with Crippen LogP contribution in [0.5, 0.6) is 5.88 Å². The molecule has 1 heterocycles. The Hall–Kier alpha value is -1.67. The molecule has 0 aliphatic carbocycles. The number of anilines is 1. The van der Waals surface area contributed by atoms with E-state index in [-0.39, 0.29) is 5.82 Å². The van der Waals surface area contributed by atoms with Gasteiger partial charge in [-0.25, -0.2) is 9.97 Å². The van der Waals surface area contributed by atoms with E-state index < -0.39 is 24.6 Å². The van der Waals surface area contributed by atoms with Crippen molar-refractivity contribution in [2.75, 3.05) is 12.3 Å². The highest BCUT2D eigenvalue weighted by Gasteiger charge is 2.58. The number of nitrogens with zero attached hydrogens (tertiary/aromatic N) is 2. The molecule has 0 amide bonds. The molecule has 2 N–H and O–H groups in total. The van der Waals surface area contributed by atoms with E-state index in [2.05, 4.69) is 14.7 Å². The maximum Gasteiger partial charge on any atom is 0.456 e. The molecule has 0 unspecified atom stereocenters. The second-order valence-electron chi connectivity index (χ2n) is 2.77. The van der Waals surface area contributed by atoms with Crippen molar-refractivity contribution in [2.24, 2.45) is 0 Å². The van der Waals surface area contributed by atoms with Crippen LogP contribution in [0.4, 0.5) is 27.8 Å². The summed E-state index contributed by atoms with van der Waals surface area (Å²) in [6.07, 6.45) is -4.78. The molecule has 0 fully saturated rings. The van der Waals surface area contributed by atoms with E-state index in [1.165, 1.54) is 0 Å². The molecule has 0 atom stereocenters. The number of halogens is 5. The van der Waals surface area contributed by atoms with Crippen LogP contribution in [-0.4, -0.2) is 28.7 Å². The highest BCUT2D eigenvalue weighted by atomic mass is 19.4. The summed E-state index contributed by atoms with van der Waals surface area (Å²) < 4.78 is 64.1. The predicted octanol–water partition coefficient (Wildman–Crippen LogP) is 1.64. The molecule has 90 valence electrons. The lowest BCUT2D eigenvalue weighted by atomic mass is 10.3. The Morgan fingerprint density at radius 3 is 2.31 bits per heavy atom. The van der Waals surface area contributed by atoms with Crippen LogP contribution < -0.4 is 10.5 Å². The first-order chi connectivity index (χ1) is 7.22. The topological polar surface area (TPSA) is 61.0 Å². The molecule has 0 saturated carbocycles. The summed E-state index contributed by atoms with van der Waals surface area (Å²) in [7, 11) is 0. The summed E-state index contributed by atoms with van der Waals surface area (Å²) in [5.74, 6) is -5.48. The van der Waals surface area contributed by atoms with Gasteiger partial charge in [0, 0.05) is 6.07 Å². The van der Waals surface area contributed by atoms with Gasteiger partial charge in [-0.05, 0) is 0 Å². The number of alkyl halides is 5. The number of rotatable bonds is 3. The fourth-order valence-corrected chi connectivity index (χ4v) is 0.679. The molecule has 0 bridgehead atoms. The van der Waals surface area contributed by atoms with Crippen molar-refractivity contribution in [3.63, 3.8) is 0 Å². The highest BCUT2D eigenvalue weighted by molar-refractivity contribution is 5.30. The van der Waals surface area contributed by atoms with E-state index in [1.54, 1.807) is 0 Å². The summed E-state index contributed by atoms with van der Waals surface area (Å²) in [5.41, 5.74) is 5.14. The molecule has 0 radical (unpaired) electrons. The van der Waals surface area contributed by atoms with Crippen molar-refractivity contribution in [3.8, 4) is 5.88 Å². The maximum atomic E-state index is 12.4. The Morgan fingerprint density at radius 1 is 1.19 bits per heavy atom. The SMILES string of the molecule is Nc1cc(OCC(F)(F)C(F)(F)F)ncn1. The lowest BCUT2D eigenvalue weighted by Crippen LogP contribution is -2.41. The highest BCUT2D eigenvalue weighted by Crippen LogP contribution is 2.35. The van der Waals surface area contributed by atoms with Gasteiger partial charge in [0.1, 0.15) is 12.1 Å². The van der Waals surface area contributed by atoms with Gasteiger partial charge in [-0.3, -0.25) is 0 Å². The first kappa shape index (κ1) is 12.4. The monoisotopic (exact) mass is 243 g/mol. The number of nitrogen functional groups attached to an aromatic ring is 1. The Labute approximate surface area is 86.2 Å². The van der Waals surface area contributed by atoms with Gasteiger partial charge in [0.05, 0.1) is 0 Å². The van der Waals surface area contributed by atoms with Gasteiger partial charge >= 0.3 is 12.1 Å². The van der Waals surface area contributed by atoms with Crippen molar-refractivity contribution in [2.45, 2.75) is 12.1 Å². The van der Waals surface area contributed by atoms with Crippen LogP contribution in [0, 0.1) is 0 Å². The smallest absolute Gasteiger partial charge is 0.456 e. The van der Waals surface area contributed by atoms with Gasteiger partial charge in [0.25, 0.3) is 0 Å². The number of nitrogens with two attached hydrogens (primary N) is 1. The third-order valence-electron chi connectivity index (χ3n) is 1.48. The molecule has 0 spiro atoms. The average molecular weight is 243 g/mol. The molecule has 9 heteroatoms. The van der Waals surface area contributed by atoms with E-state index in [1.807, 2.05) is 0 Å². The van der Waals surface area contributed by atoms with Crippen molar-refractivity contribution in [1.29, 1.82) is 0 Å². The largest absolute Gasteiger partial charge is 0.471 e. The van der Waals surface area contributed by atoms with E-state index in [0.29, 0.717) is 0 Å². The summed E-state index contributed by atoms with van der Waals surface area (Å²) in [5, 5.41) is 0. The average Bonchev–Trinajstić information content (AvgIpc) is 2.13. The minimum absolute atomic E-state index is 0.0969. The Morgan fingerprint density at radius 2 is 1.81 bits per heavy atom. The molecule has 0 saturated heterocycles. The van der Waals surface area contributed by atoms with Gasteiger partial charge in [-0.15, -0.1) is 0 Å². The standard InChI is InChI=1S/C7H6F5N3O/c8-6(9,7(10,11)12)2-16-5-1-4(13)14-3-15-5/h1,3H,2H2,(H2,13,14,15). The van der Waals surface area contributed by atoms with E-state index in [9.17, 15) is 22.0 Å². The summed E-state index contributed by atoms with van der Waals surface area (Å²) in [4.78, 5) is 6.72. The van der Waals surface area contributed by atoms with Crippen LogP contribution in [0.15, 0.2) is 12.4 Å². The molecule has 4 nitrogen and oxygen atoms in total. The predicted molar refractivity (Wildman–Crippen MR) is 42.9 cm³/mol. The summed E-state index contributed by atoms with van der Waals surface area (Å²) in [6, 6.07) is 0.937. The zero-order valence-corrected chi connectivity index (χ0v) is 7.63. The van der Waals surface area contributed by atoms with E-state index in [4.69, 9.17) is 5.73 Å². The fourth-order valence-electron chi connectivity index (χ4n) is 0.679. The van der Waals surface area contributed by atoms with Crippen LogP contribution in [0.25, 0.3) is 0 Å². The molecular weight excluding hydrogens is 237 g/mol. The number of aromatic nitrogens is 2. The lowest BCUT2D eigenvalue weighted by Gasteiger charge is -2.19. The quantitative estimate of drug-likeness (QED) is 0.819. The van der Waals surface area contributed by atoms with Gasteiger partial charge < -0.3 is 10.5 Å². The van der Waals surface area contributed by atoms with Crippen LogP contribution in [-0.2, 0) is 0 Å². The van der Waals surface area contributed by atoms with E-state index >= 15 is 0 Å². The first-order valence-electron chi connectivity index (χ1n) is 3.87. The normalized spacial score (nSPS) is 12.6. The Balaban J connectivity index is 2.65. The molecule has 0 aromatic carbocycles. The van der Waals surface area contributed by atoms with Crippen molar-refractivity contribution in [3.05, 3.63) is 12.4 Å². The molecule has 1 aromatic rings. The third-order valence-corrected chi connectivity index (χ3v) is 1.48. The molecular formula is C7H6F5N3O. The molecule has 0 aliphatic rings. The second kappa shape index (κ2) is 4.06. The van der Waals surface area contributed by atoms with Gasteiger partial charge in [0.2, 0.25) is 5.88 Å². The van der Waals surface area contributed by atoms with Crippen LogP contribution in [0.3, 0.4) is 0 Å². The third kappa shape index (κ3) is 2.91. The zero-order valence-electron chi connectivity index (χ0n) is 7.63.